The number of hydrogen-bond donors (Lipinski definition) is 2. The van der Waals surface area contributed by atoms with Gasteiger partial charge in [0.25, 0.3) is 0 Å². The third-order valence-corrected chi connectivity index (χ3v) is 4.15. The first-order valence-electron chi connectivity index (χ1n) is 9.89. The molecule has 1 fully saturated rings. The van der Waals surface area contributed by atoms with Crippen LogP contribution in [0.25, 0.3) is 0 Å². The van der Waals surface area contributed by atoms with Gasteiger partial charge in [-0.25, -0.2) is 4.18 Å². The zero-order valence-electron chi connectivity index (χ0n) is 16.5. The van der Waals surface area contributed by atoms with Gasteiger partial charge in [-0.1, -0.05) is 82.9 Å². The summed E-state index contributed by atoms with van der Waals surface area (Å²) in [5.41, 5.74) is 0. The predicted molar refractivity (Wildman–Crippen MR) is 108 cm³/mol. The van der Waals surface area contributed by atoms with E-state index in [1.807, 2.05) is 6.07 Å². The number of ether oxygens (including phenoxy) is 1. The number of phenolic OH excluding ortho intramolecular Hbond substituents is 1. The fraction of sp³-hybridized carbons (Fsp3) is 0.700. The first kappa shape index (κ1) is 25.9. The van der Waals surface area contributed by atoms with Crippen molar-refractivity contribution in [3.63, 3.8) is 0 Å². The molecule has 0 spiro atoms. The van der Waals surface area contributed by atoms with E-state index in [4.69, 9.17) is 9.66 Å². The Kier molecular flexibility index (Phi) is 17.4. The highest BCUT2D eigenvalue weighted by molar-refractivity contribution is 7.80. The van der Waals surface area contributed by atoms with Crippen molar-refractivity contribution in [2.24, 2.45) is 0 Å². The van der Waals surface area contributed by atoms with Crippen molar-refractivity contribution >= 4 is 10.4 Å². The van der Waals surface area contributed by atoms with E-state index in [1.165, 1.54) is 44.9 Å². The highest BCUT2D eigenvalue weighted by Gasteiger charge is 2.02. The first-order chi connectivity index (χ1) is 13.0. The lowest BCUT2D eigenvalue weighted by Gasteiger charge is -2.02. The molecule has 0 unspecified atom stereocenters. The van der Waals surface area contributed by atoms with Gasteiger partial charge in [0, 0.05) is 0 Å². The summed E-state index contributed by atoms with van der Waals surface area (Å²) in [6.45, 7) is 4.31. The van der Waals surface area contributed by atoms with Crippen LogP contribution in [0.2, 0.25) is 0 Å². The number of phenols is 1. The molecule has 6 nitrogen and oxygen atoms in total. The molecule has 0 bridgehead atoms. The quantitative estimate of drug-likeness (QED) is 0.285. The Hall–Kier alpha value is -1.15. The normalized spacial score (nSPS) is 12.4. The predicted octanol–water partition coefficient (Wildman–Crippen LogP) is 5.14. The van der Waals surface area contributed by atoms with Crippen LogP contribution in [0.15, 0.2) is 30.3 Å². The zero-order chi connectivity index (χ0) is 20.2. The van der Waals surface area contributed by atoms with Crippen molar-refractivity contribution in [3.8, 4) is 5.75 Å². The SMILES string of the molecule is C1CO1.CCCCCCCCCCCCOS(=O)(=O)O.Oc1ccccc1. The lowest BCUT2D eigenvalue weighted by Crippen LogP contribution is -2.04. The summed E-state index contributed by atoms with van der Waals surface area (Å²) in [4.78, 5) is 0. The maximum absolute atomic E-state index is 10.2. The van der Waals surface area contributed by atoms with Crippen molar-refractivity contribution in [1.82, 2.24) is 0 Å². The molecule has 1 saturated heterocycles. The maximum Gasteiger partial charge on any atom is 0.397 e. The van der Waals surface area contributed by atoms with Crippen molar-refractivity contribution in [2.45, 2.75) is 71.1 Å². The molecule has 0 aliphatic carbocycles. The molecule has 158 valence electrons. The van der Waals surface area contributed by atoms with Crippen LogP contribution in [0, 0.1) is 0 Å². The fourth-order valence-electron chi connectivity index (χ4n) is 2.18. The molecule has 1 aromatic rings. The lowest BCUT2D eigenvalue weighted by atomic mass is 10.1. The van der Waals surface area contributed by atoms with Crippen molar-refractivity contribution in [3.05, 3.63) is 30.3 Å². The van der Waals surface area contributed by atoms with Gasteiger partial charge >= 0.3 is 10.4 Å². The van der Waals surface area contributed by atoms with E-state index in [2.05, 4.69) is 15.8 Å². The Morgan fingerprint density at radius 3 is 1.67 bits per heavy atom. The van der Waals surface area contributed by atoms with Crippen molar-refractivity contribution in [2.75, 3.05) is 19.8 Å². The summed E-state index contributed by atoms with van der Waals surface area (Å²) < 4.78 is 37.5. The van der Waals surface area contributed by atoms with Gasteiger partial charge in [-0.15, -0.1) is 0 Å². The van der Waals surface area contributed by atoms with Crippen LogP contribution < -0.4 is 0 Å². The first-order valence-corrected chi connectivity index (χ1v) is 11.3. The van der Waals surface area contributed by atoms with E-state index in [0.29, 0.717) is 12.2 Å². The Labute approximate surface area is 164 Å². The van der Waals surface area contributed by atoms with Crippen molar-refractivity contribution < 1.29 is 27.0 Å². The van der Waals surface area contributed by atoms with E-state index in [0.717, 1.165) is 26.1 Å². The van der Waals surface area contributed by atoms with Crippen LogP contribution in [-0.2, 0) is 19.3 Å². The summed E-state index contributed by atoms with van der Waals surface area (Å²) in [6, 6.07) is 8.71. The lowest BCUT2D eigenvalue weighted by molar-refractivity contribution is 0.261. The molecule has 0 aromatic heterocycles. The second-order valence-corrected chi connectivity index (χ2v) is 7.47. The van der Waals surface area contributed by atoms with E-state index in [1.54, 1.807) is 24.3 Å². The minimum atomic E-state index is -4.23. The van der Waals surface area contributed by atoms with Gasteiger partial charge in [0.2, 0.25) is 0 Å². The molecular weight excluding hydrogens is 368 g/mol. The van der Waals surface area contributed by atoms with Gasteiger partial charge < -0.3 is 9.84 Å². The van der Waals surface area contributed by atoms with Gasteiger partial charge in [0.1, 0.15) is 5.75 Å². The average molecular weight is 405 g/mol. The van der Waals surface area contributed by atoms with Crippen LogP contribution in [0.4, 0.5) is 0 Å². The Bertz CT molecular complexity index is 514. The van der Waals surface area contributed by atoms with Crippen LogP contribution in [0.1, 0.15) is 71.1 Å². The highest BCUT2D eigenvalue weighted by Crippen LogP contribution is 2.10. The molecule has 0 amide bonds. The molecular formula is C20H36O6S. The van der Waals surface area contributed by atoms with Crippen LogP contribution >= 0.6 is 0 Å². The smallest absolute Gasteiger partial charge is 0.397 e. The van der Waals surface area contributed by atoms with Gasteiger partial charge in [-0.2, -0.15) is 8.42 Å². The number of para-hydroxylation sites is 1. The molecule has 0 saturated carbocycles. The molecule has 27 heavy (non-hydrogen) atoms. The molecule has 0 atom stereocenters. The molecule has 1 heterocycles. The summed E-state index contributed by atoms with van der Waals surface area (Å²) in [7, 11) is -4.23. The Balaban J connectivity index is 0.000000539. The molecule has 2 N–H and O–H groups in total. The maximum atomic E-state index is 10.2. The summed E-state index contributed by atoms with van der Waals surface area (Å²) in [6.07, 6.45) is 11.9. The third-order valence-electron chi connectivity index (χ3n) is 3.69. The Morgan fingerprint density at radius 2 is 1.33 bits per heavy atom. The van der Waals surface area contributed by atoms with Gasteiger partial charge in [0.05, 0.1) is 19.8 Å². The minimum absolute atomic E-state index is 0.0926. The van der Waals surface area contributed by atoms with E-state index >= 15 is 0 Å². The largest absolute Gasteiger partial charge is 0.508 e. The van der Waals surface area contributed by atoms with Gasteiger partial charge in [-0.3, -0.25) is 4.55 Å². The van der Waals surface area contributed by atoms with E-state index < -0.39 is 10.4 Å². The number of benzene rings is 1. The third kappa shape index (κ3) is 27.2. The number of hydrogen-bond acceptors (Lipinski definition) is 5. The minimum Gasteiger partial charge on any atom is -0.508 e. The number of unbranched alkanes of at least 4 members (excludes halogenated alkanes) is 9. The standard InChI is InChI=1S/C12H26O4S.C6H6O.C2H4O/c1-2-3-4-5-6-7-8-9-10-11-12-16-17(13,14)15;7-6-4-2-1-3-5-6;1-2-3-1/h2-12H2,1H3,(H,13,14,15);1-5,7H;1-2H2. The number of epoxide rings is 1. The molecule has 0 radical (unpaired) electrons. The van der Waals surface area contributed by atoms with E-state index in [-0.39, 0.29) is 6.61 Å². The summed E-state index contributed by atoms with van der Waals surface area (Å²) >= 11 is 0. The van der Waals surface area contributed by atoms with Crippen LogP contribution in [0.5, 0.6) is 5.75 Å². The summed E-state index contributed by atoms with van der Waals surface area (Å²) in [5.74, 6) is 0.322. The van der Waals surface area contributed by atoms with Crippen molar-refractivity contribution in [1.29, 1.82) is 0 Å². The zero-order valence-corrected chi connectivity index (χ0v) is 17.3. The van der Waals surface area contributed by atoms with Crippen LogP contribution in [-0.4, -0.2) is 37.9 Å². The van der Waals surface area contributed by atoms with E-state index in [9.17, 15) is 8.42 Å². The molecule has 1 aromatic carbocycles. The Morgan fingerprint density at radius 1 is 0.889 bits per heavy atom. The number of rotatable bonds is 12. The monoisotopic (exact) mass is 404 g/mol. The molecule has 2 rings (SSSR count). The van der Waals surface area contributed by atoms with Gasteiger partial charge in [-0.05, 0) is 18.6 Å². The second-order valence-electron chi connectivity index (χ2n) is 6.38. The summed E-state index contributed by atoms with van der Waals surface area (Å²) in [5, 5.41) is 8.63. The second kappa shape index (κ2) is 18.2. The molecule has 1 aliphatic heterocycles. The number of aromatic hydroxyl groups is 1. The average Bonchev–Trinajstić information content (AvgIpc) is 3.49. The molecule has 1 aliphatic rings. The van der Waals surface area contributed by atoms with Gasteiger partial charge in [0.15, 0.2) is 0 Å². The topological polar surface area (TPSA) is 96.4 Å². The highest BCUT2D eigenvalue weighted by atomic mass is 32.3. The molecule has 7 heteroatoms. The van der Waals surface area contributed by atoms with Crippen LogP contribution in [0.3, 0.4) is 0 Å². The fourth-order valence-corrected chi connectivity index (χ4v) is 2.51.